The second-order valence-electron chi connectivity index (χ2n) is 19.5. The minimum Gasteiger partial charge on any atom is -1.00 e. The molecule has 11 heterocycles. The molecule has 99 heavy (non-hydrogen) atoms. The summed E-state index contributed by atoms with van der Waals surface area (Å²) in [4.78, 5) is 81.8. The summed E-state index contributed by atoms with van der Waals surface area (Å²) in [5.41, 5.74) is 19.4. The molecule has 0 atom stereocenters. The van der Waals surface area contributed by atoms with Gasteiger partial charge in [0.2, 0.25) is 5.78 Å². The standard InChI is InChI=1S/C13H14ClFN2O2.C12H14ClFN2O.C9H7ClN2O2.C8H5ClN2O2.C5H4BrClN2.C5H5ClN2.C4H8BrF.C4H8O.C3H4O3.Al.Li.4H/c1-19-13(18)11-8-9-10(4-5-12(14)16-9)17(11)7-3-2-6-15;13-12-4-3-11-10(15-12)7-9(8-17)16(11)6-2-1-5-14;1-14-9(13)7-4-6-5(11-7)2-3-8(10)12-6;9-7-2-1-4-5(11-7)3-6(10-4)8(12)13;6-5-3(8)1-2-4(7)9-5;6-5-2-1-4(7)3-8-5;5-3-1-2-4-6;1-2-4-5-3-1;1-2(4)3(5)6;;;;;;/h4-5,8H,2-3,6-7H2,1H3;3-4,7,17H,1-2,5-6,8H2;2-4,11H,1H3;1-3,10H,(H,12,13);1-2H,8H2;1-3H,7H2;1-4H2;1-4H2;1H3,(H,5,6);;;;;;/q;;;;;;;;;;+1;;;;-1. The van der Waals surface area contributed by atoms with Crippen molar-refractivity contribution in [2.45, 2.75) is 78.0 Å². The van der Waals surface area contributed by atoms with Crippen molar-refractivity contribution in [1.29, 1.82) is 0 Å². The Balaban J connectivity index is 0.00000113. The molecule has 36 heteroatoms. The van der Waals surface area contributed by atoms with Gasteiger partial charge in [-0.15, -0.1) is 0 Å². The molecular formula is C63H73AlBr2Cl6F3LiN12O11. The van der Waals surface area contributed by atoms with Crippen LogP contribution in [0.1, 0.15) is 96.9 Å². The largest absolute Gasteiger partial charge is 1.00 e. The third kappa shape index (κ3) is 33.4. The first kappa shape index (κ1) is 90.8. The number of aromatic amines is 2. The van der Waals surface area contributed by atoms with Crippen LogP contribution >= 0.6 is 101 Å². The molecule has 0 saturated carbocycles. The van der Waals surface area contributed by atoms with Gasteiger partial charge in [-0.3, -0.25) is 18.0 Å². The minimum absolute atomic E-state index is 0. The number of carbonyl (C=O) groups excluding carboxylic acids is 3. The number of nitrogens with zero attached hydrogens (tertiary/aromatic N) is 8. The number of aliphatic carboxylic acids is 1. The first-order valence-electron chi connectivity index (χ1n) is 29.0. The molecule has 1 aliphatic heterocycles. The van der Waals surface area contributed by atoms with Crippen LogP contribution in [0.15, 0.2) is 108 Å². The predicted molar refractivity (Wildman–Crippen MR) is 391 cm³/mol. The van der Waals surface area contributed by atoms with Crippen molar-refractivity contribution in [2.24, 2.45) is 0 Å². The van der Waals surface area contributed by atoms with Crippen LogP contribution in [0.25, 0.3) is 44.1 Å². The van der Waals surface area contributed by atoms with E-state index < -0.39 is 29.7 Å². The minimum atomic E-state index is -1.38. The van der Waals surface area contributed by atoms with E-state index in [-0.39, 0.29) is 70.0 Å². The Hall–Kier alpha value is -6.25. The van der Waals surface area contributed by atoms with Gasteiger partial charge in [-0.25, -0.2) is 49.1 Å². The van der Waals surface area contributed by atoms with Gasteiger partial charge in [-0.05, 0) is 164 Å². The smallest absolute Gasteiger partial charge is 1.00 e. The molecule has 9 N–H and O–H groups in total. The number of ketones is 1. The fraction of sp³-hybridized carbons (Fsp3) is 0.317. The molecule has 0 amide bonds. The van der Waals surface area contributed by atoms with E-state index in [9.17, 15) is 42.3 Å². The number of ether oxygens (including phenoxy) is 3. The van der Waals surface area contributed by atoms with Gasteiger partial charge >= 0.3 is 42.7 Å². The molecule has 23 nitrogen and oxygen atoms in total. The van der Waals surface area contributed by atoms with Crippen molar-refractivity contribution in [3.63, 3.8) is 0 Å². The third-order valence-corrected chi connectivity index (χ3v) is 14.8. The number of halogens is 11. The van der Waals surface area contributed by atoms with E-state index in [2.05, 4.69) is 76.5 Å². The van der Waals surface area contributed by atoms with Gasteiger partial charge < -0.3 is 61.5 Å². The number of carboxylic acid groups (broad SMARTS) is 2. The molecule has 0 radical (unpaired) electrons. The second kappa shape index (κ2) is 50.1. The molecule has 0 bridgehead atoms. The summed E-state index contributed by atoms with van der Waals surface area (Å²) in [5, 5.41) is 29.0. The number of nitrogen functional groups attached to an aromatic ring is 2. The van der Waals surface area contributed by atoms with Crippen molar-refractivity contribution in [3.8, 4) is 0 Å². The number of pyridine rings is 6. The number of aliphatic hydroxyl groups is 1. The SMILES string of the molecule is C1CCOC1.CC(=O)C(=O)O.COC(=O)c1cc2nc(Cl)ccc2[nH]1.COC(=O)c1cc2nc(Cl)ccc2n1CCCCF.FCCCCBr.Nc1ccc(Cl)nc1.Nc1ccc(Cl)nc1Br.O=C(O)c1cc2nc(Cl)ccc2[nH]1.OCc1cc2nc(Cl)ccc2n1CCCCF.[AlH3].[H-].[Li+]. The summed E-state index contributed by atoms with van der Waals surface area (Å²) < 4.78 is 54.0. The van der Waals surface area contributed by atoms with Gasteiger partial charge in [-0.1, -0.05) is 85.5 Å². The Morgan fingerprint density at radius 1 is 0.606 bits per heavy atom. The van der Waals surface area contributed by atoms with Crippen LogP contribution in [-0.4, -0.2) is 164 Å². The van der Waals surface area contributed by atoms with E-state index in [1.54, 1.807) is 83.4 Å². The van der Waals surface area contributed by atoms with Crippen LogP contribution in [0.2, 0.25) is 30.9 Å². The predicted octanol–water partition coefficient (Wildman–Crippen LogP) is 12.0. The summed E-state index contributed by atoms with van der Waals surface area (Å²) in [6.45, 7) is 3.33. The molecule has 11 rings (SSSR count). The average molecular weight is 1640 g/mol. The Bertz CT molecular complexity index is 4070. The Morgan fingerprint density at radius 2 is 1.04 bits per heavy atom. The number of nitrogens with one attached hydrogen (secondary N) is 2. The van der Waals surface area contributed by atoms with Crippen molar-refractivity contribution in [3.05, 3.63) is 162 Å². The number of aromatic nitrogens is 10. The summed E-state index contributed by atoms with van der Waals surface area (Å²) >= 11 is 40.3. The number of unbranched alkanes of at least 4 members (excludes halogenated alkanes) is 3. The molecule has 0 aromatic carbocycles. The molecule has 532 valence electrons. The Kier molecular flexibility index (Phi) is 46.0. The molecule has 0 unspecified atom stereocenters. The van der Waals surface area contributed by atoms with Crippen LogP contribution in [0.5, 0.6) is 0 Å². The molecule has 0 aliphatic carbocycles. The van der Waals surface area contributed by atoms with Gasteiger partial charge in [-0.2, -0.15) is 0 Å². The number of fused-ring (bicyclic) bond motifs is 4. The summed E-state index contributed by atoms with van der Waals surface area (Å²) in [6.07, 6.45) is 8.11. The molecule has 1 fully saturated rings. The van der Waals surface area contributed by atoms with E-state index in [0.717, 1.165) is 66.1 Å². The maximum atomic E-state index is 12.2. The van der Waals surface area contributed by atoms with Crippen LogP contribution in [0.4, 0.5) is 24.5 Å². The van der Waals surface area contributed by atoms with E-state index in [0.29, 0.717) is 119 Å². The number of aryl methyl sites for hydroxylation is 2. The van der Waals surface area contributed by atoms with Crippen LogP contribution in [0.3, 0.4) is 0 Å². The van der Waals surface area contributed by atoms with Crippen LogP contribution < -0.4 is 30.3 Å². The van der Waals surface area contributed by atoms with Crippen molar-refractivity contribution in [2.75, 3.05) is 64.3 Å². The van der Waals surface area contributed by atoms with Crippen molar-refractivity contribution >= 4 is 204 Å². The second-order valence-corrected chi connectivity index (χ2v) is 23.3. The zero-order valence-electron chi connectivity index (χ0n) is 54.3. The van der Waals surface area contributed by atoms with E-state index in [4.69, 9.17) is 101 Å². The van der Waals surface area contributed by atoms with Gasteiger partial charge in [0.25, 0.3) is 0 Å². The zero-order chi connectivity index (χ0) is 72.0. The normalized spacial score (nSPS) is 10.7. The third-order valence-electron chi connectivity index (χ3n) is 12.4. The first-order valence-corrected chi connectivity index (χ1v) is 33.1. The van der Waals surface area contributed by atoms with E-state index >= 15 is 0 Å². The molecule has 1 aliphatic rings. The fourth-order valence-corrected chi connectivity index (χ4v) is 9.43. The van der Waals surface area contributed by atoms with Crippen molar-refractivity contribution in [1.82, 2.24) is 49.0 Å². The van der Waals surface area contributed by atoms with Crippen LogP contribution in [-0.2, 0) is 43.5 Å². The quantitative estimate of drug-likeness (QED) is 0.0118. The van der Waals surface area contributed by atoms with Gasteiger partial charge in [0.1, 0.15) is 52.6 Å². The maximum absolute atomic E-state index is 12.2. The number of aromatic carboxylic acids is 1. The average Bonchev–Trinajstić information content (AvgIpc) is 1.65. The zero-order valence-corrected chi connectivity index (χ0v) is 61.0. The molecule has 10 aromatic rings. The number of carbonyl (C=O) groups is 5. The number of H-pyrrole nitrogens is 2. The maximum Gasteiger partial charge on any atom is 1.00 e. The topological polar surface area (TPSA) is 345 Å². The van der Waals surface area contributed by atoms with Gasteiger partial charge in [0, 0.05) is 44.3 Å². The summed E-state index contributed by atoms with van der Waals surface area (Å²) in [5.74, 6) is -4.06. The molecular weight excluding hydrogens is 1560 g/mol. The molecule has 10 aromatic heterocycles. The van der Waals surface area contributed by atoms with E-state index in [1.807, 2.05) is 16.7 Å². The summed E-state index contributed by atoms with van der Waals surface area (Å²) in [7, 11) is 2.65. The van der Waals surface area contributed by atoms with Gasteiger partial charge in [0.15, 0.2) is 17.4 Å². The van der Waals surface area contributed by atoms with Crippen molar-refractivity contribution < 1.29 is 87.0 Å². The first-order chi connectivity index (χ1) is 46.3. The fourth-order valence-electron chi connectivity index (χ4n) is 7.73. The number of anilines is 2. The number of carboxylic acids is 2. The number of aliphatic hydroxyl groups excluding tert-OH is 1. The number of hydrogen-bond donors (Lipinski definition) is 7. The number of methoxy groups -OCH3 is 2. The molecule has 0 spiro atoms. The molecule has 1 saturated heterocycles. The number of Topliss-reactive ketones (excluding diaryl/α,β-unsaturated/α-hetero) is 1. The number of hydrogen-bond acceptors (Lipinski definition) is 17. The van der Waals surface area contributed by atoms with Crippen LogP contribution in [0, 0.1) is 0 Å². The summed E-state index contributed by atoms with van der Waals surface area (Å²) in [6, 6.07) is 27.0. The monoisotopic (exact) mass is 1630 g/mol. The van der Waals surface area contributed by atoms with E-state index in [1.165, 1.54) is 39.3 Å². The number of rotatable bonds is 16. The number of nitrogens with two attached hydrogens (primary N) is 2. The number of esters is 2. The Labute approximate surface area is 638 Å². The van der Waals surface area contributed by atoms with Gasteiger partial charge in [0.05, 0.1) is 103 Å². The number of alkyl halides is 4. The Morgan fingerprint density at radius 3 is 1.44 bits per heavy atom.